The Bertz CT molecular complexity index is 1070. The number of benzene rings is 1. The number of aryl methyl sites for hydroxylation is 1. The topological polar surface area (TPSA) is 83.6 Å². The van der Waals surface area contributed by atoms with Gasteiger partial charge in [-0.05, 0) is 48.9 Å². The first-order valence-corrected chi connectivity index (χ1v) is 11.6. The average molecular weight is 485 g/mol. The molecule has 10 heteroatoms. The van der Waals surface area contributed by atoms with Gasteiger partial charge in [0.15, 0.2) is 0 Å². The van der Waals surface area contributed by atoms with Gasteiger partial charge in [0.2, 0.25) is 0 Å². The smallest absolute Gasteiger partial charge is 0.475 e. The lowest BCUT2D eigenvalue weighted by molar-refractivity contribution is -0.192. The van der Waals surface area contributed by atoms with E-state index in [9.17, 15) is 18.0 Å². The fraction of sp³-hybridized carbons (Fsp3) is 0.364. The standard InChI is InChI=1S/C20H22N2OS2.C2HF3O2/c1-13-9-17-18(24-13)11-19(25-17)20(23)22-7-5-15(6-8-22)16-4-2-3-14(10-16)12-21;3-2(4,5)1(6)7/h2-4,9-11,15H,5-8,12,21H2,1H3;(H,6,7). The van der Waals surface area contributed by atoms with E-state index in [0.717, 1.165) is 30.8 Å². The minimum atomic E-state index is -5.08. The number of amides is 1. The summed E-state index contributed by atoms with van der Waals surface area (Å²) in [5.74, 6) is -2.03. The number of hydrogen-bond donors (Lipinski definition) is 2. The number of likely N-dealkylation sites (tertiary alicyclic amines) is 1. The number of carboxylic acid groups (broad SMARTS) is 1. The molecule has 172 valence electrons. The van der Waals surface area contributed by atoms with Gasteiger partial charge in [-0.2, -0.15) is 13.2 Å². The molecule has 32 heavy (non-hydrogen) atoms. The molecular formula is C22H23F3N2O3S2. The van der Waals surface area contributed by atoms with Crippen LogP contribution in [0.15, 0.2) is 36.4 Å². The molecule has 1 aromatic carbocycles. The predicted molar refractivity (Wildman–Crippen MR) is 120 cm³/mol. The zero-order valence-corrected chi connectivity index (χ0v) is 18.9. The first-order valence-electron chi connectivity index (χ1n) is 9.96. The van der Waals surface area contributed by atoms with Crippen molar-refractivity contribution in [3.63, 3.8) is 0 Å². The second-order valence-corrected chi connectivity index (χ2v) is 9.89. The van der Waals surface area contributed by atoms with Crippen LogP contribution in [-0.2, 0) is 11.3 Å². The zero-order valence-electron chi connectivity index (χ0n) is 17.3. The fourth-order valence-electron chi connectivity index (χ4n) is 3.61. The first kappa shape index (κ1) is 24.2. The summed E-state index contributed by atoms with van der Waals surface area (Å²) < 4.78 is 34.2. The quantitative estimate of drug-likeness (QED) is 0.523. The van der Waals surface area contributed by atoms with Crippen LogP contribution in [0.4, 0.5) is 13.2 Å². The number of piperidine rings is 1. The molecule has 0 radical (unpaired) electrons. The van der Waals surface area contributed by atoms with Crippen LogP contribution >= 0.6 is 22.7 Å². The summed E-state index contributed by atoms with van der Waals surface area (Å²) in [5.41, 5.74) is 8.30. The number of fused-ring (bicyclic) bond motifs is 1. The van der Waals surface area contributed by atoms with Crippen molar-refractivity contribution in [3.8, 4) is 0 Å². The highest BCUT2D eigenvalue weighted by Crippen LogP contribution is 2.35. The molecule has 2 aromatic heterocycles. The van der Waals surface area contributed by atoms with Crippen LogP contribution < -0.4 is 5.73 Å². The lowest BCUT2D eigenvalue weighted by Crippen LogP contribution is -2.37. The Morgan fingerprint density at radius 2 is 1.75 bits per heavy atom. The third kappa shape index (κ3) is 5.87. The molecule has 0 aliphatic carbocycles. The lowest BCUT2D eigenvalue weighted by Gasteiger charge is -2.32. The number of carbonyl (C=O) groups excluding carboxylic acids is 1. The molecule has 5 nitrogen and oxygen atoms in total. The first-order chi connectivity index (χ1) is 15.1. The van der Waals surface area contributed by atoms with Gasteiger partial charge >= 0.3 is 12.1 Å². The molecule has 1 saturated heterocycles. The van der Waals surface area contributed by atoms with Crippen molar-refractivity contribution in [2.24, 2.45) is 5.73 Å². The van der Waals surface area contributed by atoms with E-state index in [1.54, 1.807) is 22.7 Å². The minimum absolute atomic E-state index is 0.195. The molecule has 1 fully saturated rings. The molecule has 3 heterocycles. The van der Waals surface area contributed by atoms with E-state index in [4.69, 9.17) is 15.6 Å². The van der Waals surface area contributed by atoms with Gasteiger partial charge in [0, 0.05) is 33.9 Å². The van der Waals surface area contributed by atoms with E-state index in [0.29, 0.717) is 12.5 Å². The second kappa shape index (κ2) is 10.0. The number of hydrogen-bond acceptors (Lipinski definition) is 5. The number of nitrogens with zero attached hydrogens (tertiary/aromatic N) is 1. The van der Waals surface area contributed by atoms with Crippen molar-refractivity contribution in [2.45, 2.75) is 38.4 Å². The average Bonchev–Trinajstić information content (AvgIpc) is 3.30. The Morgan fingerprint density at radius 3 is 2.31 bits per heavy atom. The maximum Gasteiger partial charge on any atom is 0.490 e. The van der Waals surface area contributed by atoms with Crippen molar-refractivity contribution >= 4 is 43.9 Å². The molecule has 0 spiro atoms. The molecule has 0 unspecified atom stereocenters. The Morgan fingerprint density at radius 1 is 1.12 bits per heavy atom. The van der Waals surface area contributed by atoms with Crippen LogP contribution in [0.1, 0.15) is 44.4 Å². The van der Waals surface area contributed by atoms with Crippen LogP contribution in [0.25, 0.3) is 9.40 Å². The molecule has 4 rings (SSSR count). The highest BCUT2D eigenvalue weighted by molar-refractivity contribution is 7.28. The largest absolute Gasteiger partial charge is 0.490 e. The van der Waals surface area contributed by atoms with Crippen LogP contribution in [-0.4, -0.2) is 41.1 Å². The summed E-state index contributed by atoms with van der Waals surface area (Å²) in [5, 5.41) is 7.12. The molecule has 3 N–H and O–H groups in total. The van der Waals surface area contributed by atoms with Crippen molar-refractivity contribution in [1.29, 1.82) is 0 Å². The number of nitrogens with two attached hydrogens (primary N) is 1. The lowest BCUT2D eigenvalue weighted by atomic mass is 9.88. The van der Waals surface area contributed by atoms with Gasteiger partial charge in [-0.3, -0.25) is 4.79 Å². The summed E-state index contributed by atoms with van der Waals surface area (Å²) in [7, 11) is 0. The van der Waals surface area contributed by atoms with Crippen LogP contribution in [0, 0.1) is 6.92 Å². The van der Waals surface area contributed by atoms with Crippen molar-refractivity contribution in [2.75, 3.05) is 13.1 Å². The maximum absolute atomic E-state index is 12.8. The number of rotatable bonds is 3. The monoisotopic (exact) mass is 484 g/mol. The molecule has 0 atom stereocenters. The molecule has 0 saturated carbocycles. The van der Waals surface area contributed by atoms with E-state index in [-0.39, 0.29) is 5.91 Å². The number of aliphatic carboxylic acids is 1. The van der Waals surface area contributed by atoms with E-state index < -0.39 is 12.1 Å². The van der Waals surface area contributed by atoms with Crippen molar-refractivity contribution in [3.05, 3.63) is 57.3 Å². The number of alkyl halides is 3. The predicted octanol–water partition coefficient (Wildman–Crippen LogP) is 5.38. The number of carbonyl (C=O) groups is 2. The summed E-state index contributed by atoms with van der Waals surface area (Å²) in [4.78, 5) is 25.9. The van der Waals surface area contributed by atoms with Crippen molar-refractivity contribution < 1.29 is 27.9 Å². The van der Waals surface area contributed by atoms with Crippen LogP contribution in [0.2, 0.25) is 0 Å². The number of halogens is 3. The SMILES string of the molecule is Cc1cc2sc(C(=O)N3CCC(c4cccc(CN)c4)CC3)cc2s1.O=C(O)C(F)(F)F. The van der Waals surface area contributed by atoms with Gasteiger partial charge in [0.25, 0.3) is 5.91 Å². The van der Waals surface area contributed by atoms with Gasteiger partial charge in [-0.1, -0.05) is 24.3 Å². The van der Waals surface area contributed by atoms with Gasteiger partial charge < -0.3 is 15.7 Å². The highest BCUT2D eigenvalue weighted by atomic mass is 32.1. The molecule has 1 amide bonds. The van der Waals surface area contributed by atoms with Crippen LogP contribution in [0.3, 0.4) is 0 Å². The van der Waals surface area contributed by atoms with Gasteiger partial charge in [-0.15, -0.1) is 22.7 Å². The van der Waals surface area contributed by atoms with E-state index in [1.165, 1.54) is 25.4 Å². The summed E-state index contributed by atoms with van der Waals surface area (Å²) in [6.07, 6.45) is -3.03. The fourth-order valence-corrected chi connectivity index (χ4v) is 5.89. The molecule has 3 aromatic rings. The Labute approximate surface area is 191 Å². The third-order valence-electron chi connectivity index (χ3n) is 5.22. The maximum atomic E-state index is 12.8. The van der Waals surface area contributed by atoms with Crippen molar-refractivity contribution in [1.82, 2.24) is 4.90 Å². The van der Waals surface area contributed by atoms with E-state index >= 15 is 0 Å². The number of carboxylic acids is 1. The molecule has 0 bridgehead atoms. The minimum Gasteiger partial charge on any atom is -0.475 e. The second-order valence-electron chi connectivity index (χ2n) is 7.51. The summed E-state index contributed by atoms with van der Waals surface area (Å²) >= 11 is 3.39. The normalized spacial score (nSPS) is 14.8. The van der Waals surface area contributed by atoms with Gasteiger partial charge in [-0.25, -0.2) is 4.79 Å². The number of thiophene rings is 2. The summed E-state index contributed by atoms with van der Waals surface area (Å²) in [6, 6.07) is 12.8. The van der Waals surface area contributed by atoms with E-state index in [1.807, 2.05) is 4.90 Å². The molecule has 1 aliphatic heterocycles. The Balaban J connectivity index is 0.000000360. The van der Waals surface area contributed by atoms with Gasteiger partial charge in [0.1, 0.15) is 0 Å². The Hall–Kier alpha value is -2.43. The van der Waals surface area contributed by atoms with E-state index in [2.05, 4.69) is 43.3 Å². The highest BCUT2D eigenvalue weighted by Gasteiger charge is 2.38. The summed E-state index contributed by atoms with van der Waals surface area (Å²) in [6.45, 7) is 4.37. The van der Waals surface area contributed by atoms with Gasteiger partial charge in [0.05, 0.1) is 4.88 Å². The zero-order chi connectivity index (χ0) is 23.5. The molecular weight excluding hydrogens is 461 g/mol. The molecule has 1 aliphatic rings. The Kier molecular flexibility index (Phi) is 7.58. The van der Waals surface area contributed by atoms with Crippen LogP contribution in [0.5, 0.6) is 0 Å². The third-order valence-corrected chi connectivity index (χ3v) is 7.42.